The van der Waals surface area contributed by atoms with Crippen molar-refractivity contribution >= 4 is 17.3 Å². The van der Waals surface area contributed by atoms with E-state index in [-0.39, 0.29) is 0 Å². The lowest BCUT2D eigenvalue weighted by Gasteiger charge is -2.12. The molecule has 106 valence electrons. The van der Waals surface area contributed by atoms with Crippen molar-refractivity contribution in [1.29, 1.82) is 0 Å². The molecule has 0 radical (unpaired) electrons. The Hall–Kier alpha value is -1.79. The lowest BCUT2D eigenvalue weighted by atomic mass is 10.1. The van der Waals surface area contributed by atoms with Crippen LogP contribution in [0.15, 0.2) is 18.2 Å². The van der Waals surface area contributed by atoms with Crippen LogP contribution in [0.4, 0.5) is 11.4 Å². The van der Waals surface area contributed by atoms with Crippen LogP contribution in [0.1, 0.15) is 10.4 Å². The molecule has 0 unspecified atom stereocenters. The minimum Gasteiger partial charge on any atom is -0.397 e. The first-order valence-electron chi connectivity index (χ1n) is 6.16. The zero-order valence-corrected chi connectivity index (χ0v) is 11.5. The Bertz CT molecular complexity index is 421. The Morgan fingerprint density at radius 2 is 2.11 bits per heavy atom. The van der Waals surface area contributed by atoms with E-state index in [2.05, 4.69) is 10.2 Å². The molecule has 0 fully saturated rings. The summed E-state index contributed by atoms with van der Waals surface area (Å²) in [5, 5.41) is 3.12. The van der Waals surface area contributed by atoms with E-state index >= 15 is 0 Å². The minimum absolute atomic E-state index is 0.435. The standard InChI is InChI=1S/C13H22N4O2/c1-17(2)6-8-19-7-5-16-12-9-10(13(15)18)3-4-11(12)14/h3-4,9,16H,5-8,14H2,1-2H3,(H2,15,18). The molecule has 1 amide bonds. The molecule has 6 nitrogen and oxygen atoms in total. The number of anilines is 2. The summed E-state index contributed by atoms with van der Waals surface area (Å²) in [5.74, 6) is -0.467. The number of hydrogen-bond donors (Lipinski definition) is 3. The van der Waals surface area contributed by atoms with Crippen LogP contribution in [0, 0.1) is 0 Å². The summed E-state index contributed by atoms with van der Waals surface area (Å²) in [6, 6.07) is 4.92. The van der Waals surface area contributed by atoms with Gasteiger partial charge in [0.1, 0.15) is 0 Å². The zero-order valence-electron chi connectivity index (χ0n) is 11.5. The smallest absolute Gasteiger partial charge is 0.248 e. The number of carbonyl (C=O) groups is 1. The van der Waals surface area contributed by atoms with E-state index in [1.165, 1.54) is 0 Å². The number of primary amides is 1. The van der Waals surface area contributed by atoms with Crippen molar-refractivity contribution in [2.24, 2.45) is 5.73 Å². The molecule has 0 spiro atoms. The van der Waals surface area contributed by atoms with Gasteiger partial charge in [0.2, 0.25) is 5.91 Å². The number of benzene rings is 1. The van der Waals surface area contributed by atoms with Gasteiger partial charge in [0.05, 0.1) is 24.6 Å². The van der Waals surface area contributed by atoms with Gasteiger partial charge in [-0.2, -0.15) is 0 Å². The van der Waals surface area contributed by atoms with Crippen molar-refractivity contribution < 1.29 is 9.53 Å². The van der Waals surface area contributed by atoms with E-state index in [1.54, 1.807) is 18.2 Å². The van der Waals surface area contributed by atoms with Crippen molar-refractivity contribution in [3.8, 4) is 0 Å². The van der Waals surface area contributed by atoms with Crippen LogP contribution in [-0.2, 0) is 4.74 Å². The van der Waals surface area contributed by atoms with E-state index in [4.69, 9.17) is 16.2 Å². The average Bonchev–Trinajstić information content (AvgIpc) is 2.34. The normalized spacial score (nSPS) is 10.7. The largest absolute Gasteiger partial charge is 0.397 e. The molecule has 1 rings (SSSR count). The second-order valence-corrected chi connectivity index (χ2v) is 4.51. The highest BCUT2D eigenvalue weighted by atomic mass is 16.5. The number of rotatable bonds is 8. The second kappa shape index (κ2) is 7.60. The van der Waals surface area contributed by atoms with E-state index < -0.39 is 5.91 Å². The number of nitrogens with one attached hydrogen (secondary N) is 1. The molecule has 0 saturated heterocycles. The minimum atomic E-state index is -0.467. The van der Waals surface area contributed by atoms with E-state index in [0.29, 0.717) is 36.7 Å². The average molecular weight is 266 g/mol. The number of hydrogen-bond acceptors (Lipinski definition) is 5. The van der Waals surface area contributed by atoms with Crippen LogP contribution in [0.5, 0.6) is 0 Å². The number of carbonyl (C=O) groups excluding carboxylic acids is 1. The second-order valence-electron chi connectivity index (χ2n) is 4.51. The van der Waals surface area contributed by atoms with Crippen LogP contribution >= 0.6 is 0 Å². The Balaban J connectivity index is 2.36. The number of nitrogens with two attached hydrogens (primary N) is 2. The summed E-state index contributed by atoms with van der Waals surface area (Å²) in [4.78, 5) is 13.1. The molecule has 0 aliphatic heterocycles. The summed E-state index contributed by atoms with van der Waals surface area (Å²) in [6.07, 6.45) is 0. The molecule has 0 atom stereocenters. The molecule has 1 aromatic carbocycles. The van der Waals surface area contributed by atoms with E-state index in [9.17, 15) is 4.79 Å². The summed E-state index contributed by atoms with van der Waals surface area (Å²) in [5.41, 5.74) is 12.7. The third-order valence-corrected chi connectivity index (χ3v) is 2.58. The maximum absolute atomic E-state index is 11.1. The topological polar surface area (TPSA) is 93.6 Å². The number of nitrogens with zero attached hydrogens (tertiary/aromatic N) is 1. The molecule has 0 heterocycles. The Kier molecular flexibility index (Phi) is 6.11. The molecular formula is C13H22N4O2. The van der Waals surface area contributed by atoms with Crippen LogP contribution in [0.25, 0.3) is 0 Å². The van der Waals surface area contributed by atoms with Gasteiger partial charge in [-0.25, -0.2) is 0 Å². The molecule has 1 aromatic rings. The number of nitrogen functional groups attached to an aromatic ring is 1. The van der Waals surface area contributed by atoms with Crippen molar-refractivity contribution in [3.05, 3.63) is 23.8 Å². The highest BCUT2D eigenvalue weighted by Gasteiger charge is 2.04. The summed E-state index contributed by atoms with van der Waals surface area (Å²) in [6.45, 7) is 2.78. The fourth-order valence-electron chi connectivity index (χ4n) is 1.47. The third-order valence-electron chi connectivity index (χ3n) is 2.58. The fraction of sp³-hybridized carbons (Fsp3) is 0.462. The monoisotopic (exact) mass is 266 g/mol. The van der Waals surface area contributed by atoms with Gasteiger partial charge in [0, 0.05) is 18.7 Å². The van der Waals surface area contributed by atoms with Gasteiger partial charge in [0.15, 0.2) is 0 Å². The quantitative estimate of drug-likeness (QED) is 0.466. The van der Waals surface area contributed by atoms with Crippen LogP contribution < -0.4 is 16.8 Å². The first-order valence-corrected chi connectivity index (χ1v) is 6.16. The predicted molar refractivity (Wildman–Crippen MR) is 77.2 cm³/mol. The summed E-state index contributed by atoms with van der Waals surface area (Å²) < 4.78 is 5.45. The molecule has 6 heteroatoms. The highest BCUT2D eigenvalue weighted by molar-refractivity contribution is 5.94. The first-order chi connectivity index (χ1) is 9.00. The zero-order chi connectivity index (χ0) is 14.3. The van der Waals surface area contributed by atoms with Gasteiger partial charge in [-0.1, -0.05) is 0 Å². The van der Waals surface area contributed by atoms with Gasteiger partial charge < -0.3 is 26.4 Å². The molecule has 19 heavy (non-hydrogen) atoms. The van der Waals surface area contributed by atoms with Gasteiger partial charge >= 0.3 is 0 Å². The Labute approximate surface area is 113 Å². The lowest BCUT2D eigenvalue weighted by molar-refractivity contribution is 0.100. The van der Waals surface area contributed by atoms with Crippen LogP contribution in [0.3, 0.4) is 0 Å². The number of likely N-dealkylation sites (N-methyl/N-ethyl adjacent to an activating group) is 1. The lowest BCUT2D eigenvalue weighted by Crippen LogP contribution is -2.20. The van der Waals surface area contributed by atoms with Gasteiger partial charge in [-0.3, -0.25) is 4.79 Å². The molecule has 0 aliphatic carbocycles. The fourth-order valence-corrected chi connectivity index (χ4v) is 1.47. The number of ether oxygens (including phenoxy) is 1. The van der Waals surface area contributed by atoms with Gasteiger partial charge in [-0.15, -0.1) is 0 Å². The highest BCUT2D eigenvalue weighted by Crippen LogP contribution is 2.19. The van der Waals surface area contributed by atoms with Crippen LogP contribution in [0.2, 0.25) is 0 Å². The molecule has 0 aromatic heterocycles. The molecule has 5 N–H and O–H groups in total. The molecular weight excluding hydrogens is 244 g/mol. The van der Waals surface area contributed by atoms with Crippen molar-refractivity contribution in [1.82, 2.24) is 4.90 Å². The van der Waals surface area contributed by atoms with Crippen molar-refractivity contribution in [3.63, 3.8) is 0 Å². The Morgan fingerprint density at radius 3 is 2.74 bits per heavy atom. The Morgan fingerprint density at radius 1 is 1.37 bits per heavy atom. The first kappa shape index (κ1) is 15.3. The SMILES string of the molecule is CN(C)CCOCCNc1cc(C(N)=O)ccc1N. The summed E-state index contributed by atoms with van der Waals surface area (Å²) in [7, 11) is 4.00. The van der Waals surface area contributed by atoms with Gasteiger partial charge in [0.25, 0.3) is 0 Å². The number of amides is 1. The van der Waals surface area contributed by atoms with E-state index in [0.717, 1.165) is 6.54 Å². The molecule has 0 bridgehead atoms. The van der Waals surface area contributed by atoms with Crippen molar-refractivity contribution in [2.75, 3.05) is 51.4 Å². The molecule has 0 aliphatic rings. The predicted octanol–water partition coefficient (Wildman–Crippen LogP) is 0.358. The summed E-state index contributed by atoms with van der Waals surface area (Å²) >= 11 is 0. The third kappa shape index (κ3) is 5.58. The van der Waals surface area contributed by atoms with Crippen LogP contribution in [-0.4, -0.2) is 51.2 Å². The maximum Gasteiger partial charge on any atom is 0.248 e. The van der Waals surface area contributed by atoms with Crippen molar-refractivity contribution in [2.45, 2.75) is 0 Å². The molecule has 0 saturated carbocycles. The maximum atomic E-state index is 11.1. The van der Waals surface area contributed by atoms with E-state index in [1.807, 2.05) is 14.1 Å². The van der Waals surface area contributed by atoms with Gasteiger partial charge in [-0.05, 0) is 32.3 Å².